The lowest BCUT2D eigenvalue weighted by atomic mass is 9.99. The van der Waals surface area contributed by atoms with Crippen LogP contribution in [0.15, 0.2) is 42.5 Å². The standard InChI is InChI=1S/C25H31ClO2/c1-3-5-9-15-27-24-20-11-7-8-12-21(20)25(28-16-10-6-4-2)23-17-19(18-26)13-14-22(23)24/h7-8,11-14,17H,3-6,9-10,15-16,18H2,1-2H3. The molecule has 3 heteroatoms. The van der Waals surface area contributed by atoms with Gasteiger partial charge in [-0.2, -0.15) is 0 Å². The van der Waals surface area contributed by atoms with Crippen LogP contribution in [-0.2, 0) is 5.88 Å². The van der Waals surface area contributed by atoms with Crippen LogP contribution in [0.25, 0.3) is 21.5 Å². The Morgan fingerprint density at radius 1 is 0.679 bits per heavy atom. The Morgan fingerprint density at radius 3 is 1.75 bits per heavy atom. The Hall–Kier alpha value is -1.93. The minimum atomic E-state index is 0.491. The first-order valence-corrected chi connectivity index (χ1v) is 11.1. The van der Waals surface area contributed by atoms with Crippen molar-refractivity contribution in [2.24, 2.45) is 0 Å². The monoisotopic (exact) mass is 398 g/mol. The summed E-state index contributed by atoms with van der Waals surface area (Å²) in [5, 5.41) is 4.44. The van der Waals surface area contributed by atoms with Crippen molar-refractivity contribution < 1.29 is 9.47 Å². The molecule has 0 atom stereocenters. The third-order valence-corrected chi connectivity index (χ3v) is 5.44. The summed E-state index contributed by atoms with van der Waals surface area (Å²) in [6.45, 7) is 5.89. The number of ether oxygens (including phenoxy) is 2. The van der Waals surface area contributed by atoms with Crippen LogP contribution in [0, 0.1) is 0 Å². The first-order chi connectivity index (χ1) is 13.8. The van der Waals surface area contributed by atoms with Gasteiger partial charge in [0.05, 0.1) is 13.2 Å². The summed E-state index contributed by atoms with van der Waals surface area (Å²) in [7, 11) is 0. The fourth-order valence-electron chi connectivity index (χ4n) is 3.59. The second-order valence-electron chi connectivity index (χ2n) is 7.33. The second kappa shape index (κ2) is 10.6. The molecule has 3 aromatic rings. The maximum atomic E-state index is 6.33. The van der Waals surface area contributed by atoms with Crippen LogP contribution < -0.4 is 9.47 Å². The first-order valence-electron chi connectivity index (χ1n) is 10.6. The SMILES string of the molecule is CCCCCOc1c2ccccc2c(OCCCCC)c2cc(CCl)ccc12. The fourth-order valence-corrected chi connectivity index (χ4v) is 3.76. The van der Waals surface area contributed by atoms with Crippen LogP contribution in [0.2, 0.25) is 0 Å². The molecule has 28 heavy (non-hydrogen) atoms. The van der Waals surface area contributed by atoms with Gasteiger partial charge in [-0.15, -0.1) is 11.6 Å². The fraction of sp³-hybridized carbons (Fsp3) is 0.440. The number of fused-ring (bicyclic) bond motifs is 2. The molecule has 0 amide bonds. The van der Waals surface area contributed by atoms with E-state index in [1.165, 1.54) is 25.7 Å². The quantitative estimate of drug-likeness (QED) is 0.186. The van der Waals surface area contributed by atoms with Gasteiger partial charge in [0.25, 0.3) is 0 Å². The van der Waals surface area contributed by atoms with Crippen molar-refractivity contribution in [3.63, 3.8) is 0 Å². The molecule has 0 aromatic heterocycles. The minimum absolute atomic E-state index is 0.491. The molecule has 0 aliphatic carbocycles. The molecule has 3 rings (SSSR count). The van der Waals surface area contributed by atoms with Gasteiger partial charge in [0.2, 0.25) is 0 Å². The second-order valence-corrected chi connectivity index (χ2v) is 7.60. The highest BCUT2D eigenvalue weighted by atomic mass is 35.5. The van der Waals surface area contributed by atoms with E-state index >= 15 is 0 Å². The summed E-state index contributed by atoms with van der Waals surface area (Å²) in [6.07, 6.45) is 6.88. The van der Waals surface area contributed by atoms with Crippen LogP contribution in [0.3, 0.4) is 0 Å². The largest absolute Gasteiger partial charge is 0.492 e. The summed E-state index contributed by atoms with van der Waals surface area (Å²) in [6, 6.07) is 14.8. The zero-order valence-electron chi connectivity index (χ0n) is 17.1. The van der Waals surface area contributed by atoms with E-state index < -0.39 is 0 Å². The highest BCUT2D eigenvalue weighted by Gasteiger charge is 2.16. The molecule has 0 N–H and O–H groups in total. The summed E-state index contributed by atoms with van der Waals surface area (Å²) in [5.74, 6) is 2.41. The molecule has 2 nitrogen and oxygen atoms in total. The van der Waals surface area contributed by atoms with Crippen molar-refractivity contribution in [2.45, 2.75) is 58.3 Å². The molecule has 150 valence electrons. The Kier molecular flexibility index (Phi) is 7.85. The summed E-state index contributed by atoms with van der Waals surface area (Å²) in [4.78, 5) is 0. The molecule has 0 aliphatic heterocycles. The van der Waals surface area contributed by atoms with Gasteiger partial charge in [0, 0.05) is 27.4 Å². The van der Waals surface area contributed by atoms with E-state index in [1.54, 1.807) is 0 Å². The van der Waals surface area contributed by atoms with Gasteiger partial charge in [0.1, 0.15) is 11.5 Å². The Labute approximate surface area is 173 Å². The Bertz CT molecular complexity index is 904. The number of hydrogen-bond acceptors (Lipinski definition) is 2. The van der Waals surface area contributed by atoms with Crippen molar-refractivity contribution in [1.29, 1.82) is 0 Å². The van der Waals surface area contributed by atoms with Crippen LogP contribution in [0.5, 0.6) is 11.5 Å². The molecule has 0 bridgehead atoms. The number of halogens is 1. The highest BCUT2D eigenvalue weighted by molar-refractivity contribution is 6.17. The Morgan fingerprint density at radius 2 is 1.21 bits per heavy atom. The third kappa shape index (κ3) is 4.72. The minimum Gasteiger partial charge on any atom is -0.492 e. The first kappa shape index (κ1) is 20.8. The van der Waals surface area contributed by atoms with E-state index in [0.29, 0.717) is 5.88 Å². The van der Waals surface area contributed by atoms with Gasteiger partial charge >= 0.3 is 0 Å². The molecule has 0 saturated heterocycles. The molecule has 0 fully saturated rings. The summed E-state index contributed by atoms with van der Waals surface area (Å²) < 4.78 is 12.7. The average molecular weight is 399 g/mol. The molecule has 0 spiro atoms. The molecular formula is C25H31ClO2. The van der Waals surface area contributed by atoms with Crippen molar-refractivity contribution in [3.05, 3.63) is 48.0 Å². The van der Waals surface area contributed by atoms with E-state index in [-0.39, 0.29) is 0 Å². The third-order valence-electron chi connectivity index (χ3n) is 5.13. The van der Waals surface area contributed by atoms with E-state index in [0.717, 1.165) is 64.7 Å². The van der Waals surface area contributed by atoms with Crippen molar-refractivity contribution in [3.8, 4) is 11.5 Å². The Balaban J connectivity index is 2.10. The maximum absolute atomic E-state index is 6.33. The number of rotatable bonds is 11. The summed E-state index contributed by atoms with van der Waals surface area (Å²) in [5.41, 5.74) is 1.10. The van der Waals surface area contributed by atoms with Crippen molar-refractivity contribution in [1.82, 2.24) is 0 Å². The zero-order valence-corrected chi connectivity index (χ0v) is 17.9. The van der Waals surface area contributed by atoms with E-state index in [4.69, 9.17) is 21.1 Å². The normalized spacial score (nSPS) is 11.2. The van der Waals surface area contributed by atoms with Crippen molar-refractivity contribution >= 4 is 33.1 Å². The molecule has 0 aliphatic rings. The number of alkyl halides is 1. The van der Waals surface area contributed by atoms with Crippen molar-refractivity contribution in [2.75, 3.05) is 13.2 Å². The number of benzene rings is 3. The molecular weight excluding hydrogens is 368 g/mol. The average Bonchev–Trinajstić information content (AvgIpc) is 2.74. The molecule has 0 saturated carbocycles. The molecule has 3 aromatic carbocycles. The number of hydrogen-bond donors (Lipinski definition) is 0. The lowest BCUT2D eigenvalue weighted by Gasteiger charge is -2.18. The van der Waals surface area contributed by atoms with E-state index in [9.17, 15) is 0 Å². The van der Waals surface area contributed by atoms with Crippen LogP contribution in [-0.4, -0.2) is 13.2 Å². The molecule has 0 unspecified atom stereocenters. The number of unbranched alkanes of at least 4 members (excludes halogenated alkanes) is 4. The lowest BCUT2D eigenvalue weighted by molar-refractivity contribution is 0.308. The molecule has 0 radical (unpaired) electrons. The topological polar surface area (TPSA) is 18.5 Å². The van der Waals surface area contributed by atoms with E-state index in [1.807, 2.05) is 0 Å². The van der Waals surface area contributed by atoms with Crippen LogP contribution in [0.4, 0.5) is 0 Å². The lowest BCUT2D eigenvalue weighted by Crippen LogP contribution is -2.02. The van der Waals surface area contributed by atoms with E-state index in [2.05, 4.69) is 56.3 Å². The van der Waals surface area contributed by atoms with Gasteiger partial charge in [-0.3, -0.25) is 0 Å². The molecule has 0 heterocycles. The van der Waals surface area contributed by atoms with Gasteiger partial charge in [-0.05, 0) is 24.5 Å². The van der Waals surface area contributed by atoms with Crippen LogP contribution >= 0.6 is 11.6 Å². The summed E-state index contributed by atoms with van der Waals surface area (Å²) >= 11 is 6.13. The van der Waals surface area contributed by atoms with Gasteiger partial charge < -0.3 is 9.47 Å². The van der Waals surface area contributed by atoms with Gasteiger partial charge in [0.15, 0.2) is 0 Å². The van der Waals surface area contributed by atoms with Gasteiger partial charge in [-0.1, -0.05) is 75.9 Å². The predicted octanol–water partition coefficient (Wildman–Crippen LogP) is 7.87. The maximum Gasteiger partial charge on any atom is 0.135 e. The van der Waals surface area contributed by atoms with Crippen LogP contribution in [0.1, 0.15) is 57.9 Å². The van der Waals surface area contributed by atoms with Gasteiger partial charge in [-0.25, -0.2) is 0 Å². The zero-order chi connectivity index (χ0) is 19.8. The smallest absolute Gasteiger partial charge is 0.135 e. The predicted molar refractivity (Wildman–Crippen MR) is 121 cm³/mol. The highest BCUT2D eigenvalue weighted by Crippen LogP contribution is 2.43.